The quantitative estimate of drug-likeness (QED) is 0.627. The van der Waals surface area contributed by atoms with Crippen LogP contribution in [-0.2, 0) is 9.59 Å². The second-order valence-corrected chi connectivity index (χ2v) is 4.65. The van der Waals surface area contributed by atoms with Crippen molar-refractivity contribution in [2.24, 2.45) is 5.73 Å². The lowest BCUT2D eigenvalue weighted by molar-refractivity contribution is -0.128. The SMILES string of the molecule is CNC(=O)C(C)NC(=O)CC1(N)CCCC1. The molecule has 1 fully saturated rings. The molecule has 0 aromatic rings. The molecular formula is C11H21N3O2. The summed E-state index contributed by atoms with van der Waals surface area (Å²) in [5.74, 6) is -0.327. The Morgan fingerprint density at radius 2 is 1.94 bits per heavy atom. The predicted molar refractivity (Wildman–Crippen MR) is 61.7 cm³/mol. The molecule has 1 atom stereocenters. The molecule has 5 nitrogen and oxygen atoms in total. The highest BCUT2D eigenvalue weighted by Crippen LogP contribution is 2.29. The number of carbonyl (C=O) groups is 2. The van der Waals surface area contributed by atoms with E-state index in [2.05, 4.69) is 10.6 Å². The van der Waals surface area contributed by atoms with Gasteiger partial charge in [0.15, 0.2) is 0 Å². The van der Waals surface area contributed by atoms with Crippen LogP contribution in [0.5, 0.6) is 0 Å². The molecule has 0 aromatic carbocycles. The maximum atomic E-state index is 11.7. The fraction of sp³-hybridized carbons (Fsp3) is 0.818. The largest absolute Gasteiger partial charge is 0.357 e. The average molecular weight is 227 g/mol. The van der Waals surface area contributed by atoms with E-state index in [1.165, 1.54) is 0 Å². The molecule has 92 valence electrons. The van der Waals surface area contributed by atoms with E-state index in [1.807, 2.05) is 0 Å². The highest BCUT2D eigenvalue weighted by molar-refractivity contribution is 5.87. The molecule has 1 saturated carbocycles. The van der Waals surface area contributed by atoms with Gasteiger partial charge in [-0.2, -0.15) is 0 Å². The summed E-state index contributed by atoms with van der Waals surface area (Å²) < 4.78 is 0. The van der Waals surface area contributed by atoms with Gasteiger partial charge in [-0.3, -0.25) is 9.59 Å². The first-order valence-corrected chi connectivity index (χ1v) is 5.77. The summed E-state index contributed by atoms with van der Waals surface area (Å²) >= 11 is 0. The van der Waals surface area contributed by atoms with Crippen LogP contribution in [0, 0.1) is 0 Å². The van der Waals surface area contributed by atoms with Crippen LogP contribution in [0.2, 0.25) is 0 Å². The Morgan fingerprint density at radius 1 is 1.38 bits per heavy atom. The summed E-state index contributed by atoms with van der Waals surface area (Å²) in [4.78, 5) is 22.9. The van der Waals surface area contributed by atoms with Gasteiger partial charge in [0.1, 0.15) is 6.04 Å². The standard InChI is InChI=1S/C11H21N3O2/c1-8(10(16)13-2)14-9(15)7-11(12)5-3-4-6-11/h8H,3-7,12H2,1-2H3,(H,13,16)(H,14,15). The molecule has 1 unspecified atom stereocenters. The van der Waals surface area contributed by atoms with E-state index >= 15 is 0 Å². The van der Waals surface area contributed by atoms with Crippen LogP contribution < -0.4 is 16.4 Å². The molecular weight excluding hydrogens is 206 g/mol. The van der Waals surface area contributed by atoms with Crippen LogP contribution in [-0.4, -0.2) is 30.4 Å². The van der Waals surface area contributed by atoms with E-state index in [0.29, 0.717) is 6.42 Å². The molecule has 1 rings (SSSR count). The molecule has 1 aliphatic rings. The Bertz CT molecular complexity index is 272. The van der Waals surface area contributed by atoms with Crippen molar-refractivity contribution in [3.8, 4) is 0 Å². The average Bonchev–Trinajstić information content (AvgIpc) is 2.62. The van der Waals surface area contributed by atoms with Crippen molar-refractivity contribution in [1.82, 2.24) is 10.6 Å². The van der Waals surface area contributed by atoms with E-state index in [0.717, 1.165) is 25.7 Å². The molecule has 0 heterocycles. The van der Waals surface area contributed by atoms with Crippen molar-refractivity contribution >= 4 is 11.8 Å². The van der Waals surface area contributed by atoms with Crippen molar-refractivity contribution in [2.45, 2.75) is 50.6 Å². The summed E-state index contributed by atoms with van der Waals surface area (Å²) in [7, 11) is 1.55. The smallest absolute Gasteiger partial charge is 0.242 e. The summed E-state index contributed by atoms with van der Waals surface area (Å²) in [5, 5.41) is 5.14. The summed E-state index contributed by atoms with van der Waals surface area (Å²) in [6, 6.07) is -0.498. The first kappa shape index (κ1) is 13.0. The van der Waals surface area contributed by atoms with Crippen molar-refractivity contribution in [1.29, 1.82) is 0 Å². The lowest BCUT2D eigenvalue weighted by Gasteiger charge is -2.23. The van der Waals surface area contributed by atoms with Crippen LogP contribution >= 0.6 is 0 Å². The molecule has 4 N–H and O–H groups in total. The molecule has 0 bridgehead atoms. The molecule has 5 heteroatoms. The molecule has 0 saturated heterocycles. The van der Waals surface area contributed by atoms with Crippen molar-refractivity contribution in [2.75, 3.05) is 7.05 Å². The summed E-state index contributed by atoms with van der Waals surface area (Å²) in [6.07, 6.45) is 4.29. The van der Waals surface area contributed by atoms with Gasteiger partial charge in [-0.15, -0.1) is 0 Å². The summed E-state index contributed by atoms with van der Waals surface area (Å²) in [6.45, 7) is 1.66. The Balaban J connectivity index is 2.38. The number of nitrogens with one attached hydrogen (secondary N) is 2. The number of hydrogen-bond donors (Lipinski definition) is 3. The fourth-order valence-electron chi connectivity index (χ4n) is 2.15. The third-order valence-corrected chi connectivity index (χ3v) is 3.13. The predicted octanol–water partition coefficient (Wildman–Crippen LogP) is -0.101. The minimum Gasteiger partial charge on any atom is -0.357 e. The number of likely N-dealkylation sites (N-methyl/N-ethyl adjacent to an activating group) is 1. The van der Waals surface area contributed by atoms with Crippen LogP contribution in [0.3, 0.4) is 0 Å². The van der Waals surface area contributed by atoms with Crippen molar-refractivity contribution < 1.29 is 9.59 Å². The number of nitrogens with two attached hydrogens (primary N) is 1. The number of amides is 2. The Kier molecular flexibility index (Phi) is 4.29. The van der Waals surface area contributed by atoms with Crippen LogP contribution in [0.15, 0.2) is 0 Å². The van der Waals surface area contributed by atoms with Gasteiger partial charge < -0.3 is 16.4 Å². The number of hydrogen-bond acceptors (Lipinski definition) is 3. The first-order valence-electron chi connectivity index (χ1n) is 5.77. The zero-order valence-electron chi connectivity index (χ0n) is 10.0. The third-order valence-electron chi connectivity index (χ3n) is 3.13. The van der Waals surface area contributed by atoms with Gasteiger partial charge in [0.25, 0.3) is 0 Å². The normalized spacial score (nSPS) is 20.2. The highest BCUT2D eigenvalue weighted by Gasteiger charge is 2.32. The monoisotopic (exact) mass is 227 g/mol. The summed E-state index contributed by atoms with van der Waals surface area (Å²) in [5.41, 5.74) is 5.73. The third kappa shape index (κ3) is 3.48. The van der Waals surface area contributed by atoms with E-state index in [1.54, 1.807) is 14.0 Å². The van der Waals surface area contributed by atoms with E-state index in [4.69, 9.17) is 5.73 Å². The molecule has 0 radical (unpaired) electrons. The van der Waals surface area contributed by atoms with Gasteiger partial charge in [0.2, 0.25) is 11.8 Å². The molecule has 1 aliphatic carbocycles. The van der Waals surface area contributed by atoms with Crippen LogP contribution in [0.1, 0.15) is 39.0 Å². The molecule has 0 spiro atoms. The first-order chi connectivity index (χ1) is 7.47. The van der Waals surface area contributed by atoms with Crippen LogP contribution in [0.4, 0.5) is 0 Å². The minimum absolute atomic E-state index is 0.138. The van der Waals surface area contributed by atoms with Gasteiger partial charge in [0.05, 0.1) is 0 Å². The van der Waals surface area contributed by atoms with Crippen LogP contribution in [0.25, 0.3) is 0 Å². The van der Waals surface area contributed by atoms with Crippen molar-refractivity contribution in [3.63, 3.8) is 0 Å². The fourth-order valence-corrected chi connectivity index (χ4v) is 2.15. The number of rotatable bonds is 4. The van der Waals surface area contributed by atoms with Gasteiger partial charge in [-0.05, 0) is 19.8 Å². The Morgan fingerprint density at radius 3 is 2.44 bits per heavy atom. The number of carbonyl (C=O) groups excluding carboxylic acids is 2. The molecule has 0 aromatic heterocycles. The van der Waals surface area contributed by atoms with E-state index < -0.39 is 6.04 Å². The molecule has 16 heavy (non-hydrogen) atoms. The second kappa shape index (κ2) is 5.30. The lowest BCUT2D eigenvalue weighted by Crippen LogP contribution is -2.48. The van der Waals surface area contributed by atoms with Gasteiger partial charge in [0, 0.05) is 19.0 Å². The Hall–Kier alpha value is -1.10. The lowest BCUT2D eigenvalue weighted by atomic mass is 9.94. The van der Waals surface area contributed by atoms with Gasteiger partial charge >= 0.3 is 0 Å². The molecule has 0 aliphatic heterocycles. The van der Waals surface area contributed by atoms with E-state index in [-0.39, 0.29) is 17.4 Å². The molecule has 2 amide bonds. The van der Waals surface area contributed by atoms with Crippen molar-refractivity contribution in [3.05, 3.63) is 0 Å². The zero-order chi connectivity index (χ0) is 12.2. The van der Waals surface area contributed by atoms with Gasteiger partial charge in [-0.25, -0.2) is 0 Å². The maximum Gasteiger partial charge on any atom is 0.242 e. The maximum absolute atomic E-state index is 11.7. The zero-order valence-corrected chi connectivity index (χ0v) is 10.0. The second-order valence-electron chi connectivity index (χ2n) is 4.65. The highest BCUT2D eigenvalue weighted by atomic mass is 16.2. The van der Waals surface area contributed by atoms with Gasteiger partial charge in [-0.1, -0.05) is 12.8 Å². The Labute approximate surface area is 96.1 Å². The minimum atomic E-state index is -0.498. The van der Waals surface area contributed by atoms with E-state index in [9.17, 15) is 9.59 Å². The topological polar surface area (TPSA) is 84.2 Å².